The highest BCUT2D eigenvalue weighted by atomic mass is 35.5. The zero-order chi connectivity index (χ0) is 22.8. The topological polar surface area (TPSA) is 84.0 Å². The van der Waals surface area contributed by atoms with Crippen LogP contribution in [-0.2, 0) is 6.18 Å². The molecule has 0 aliphatic rings. The van der Waals surface area contributed by atoms with Gasteiger partial charge in [-0.05, 0) is 54.4 Å². The molecule has 2 N–H and O–H groups in total. The number of carbonyl (C=O) groups is 2. The molecule has 6 nitrogen and oxygen atoms in total. The summed E-state index contributed by atoms with van der Waals surface area (Å²) < 4.78 is 38.6. The maximum atomic E-state index is 12.9. The molecule has 3 rings (SSSR count). The molecule has 2 aromatic carbocycles. The summed E-state index contributed by atoms with van der Waals surface area (Å²) in [6, 6.07) is 8.69. The van der Waals surface area contributed by atoms with Gasteiger partial charge in [-0.2, -0.15) is 13.2 Å². The Morgan fingerprint density at radius 1 is 1.00 bits per heavy atom. The highest BCUT2D eigenvalue weighted by molar-refractivity contribution is 6.34. The third-order valence-corrected chi connectivity index (χ3v) is 4.62. The third-order valence-electron chi connectivity index (χ3n) is 4.15. The van der Waals surface area contributed by atoms with Crippen molar-refractivity contribution in [3.05, 3.63) is 81.4 Å². The number of amides is 2. The second-order valence-electron chi connectivity index (χ2n) is 6.36. The summed E-state index contributed by atoms with van der Waals surface area (Å²) in [5, 5.41) is 4.88. The van der Waals surface area contributed by atoms with Gasteiger partial charge in [-0.25, -0.2) is 9.97 Å². The predicted octanol–water partition coefficient (Wildman–Crippen LogP) is 5.62. The average molecular weight is 469 g/mol. The van der Waals surface area contributed by atoms with Crippen molar-refractivity contribution in [2.45, 2.75) is 13.1 Å². The SMILES string of the molecule is Cc1ccc(NC(=O)c2cccc(C(F)(F)F)c2)cc1NC(=O)c1cnc(Cl)nc1Cl. The van der Waals surface area contributed by atoms with Crippen LogP contribution in [0.4, 0.5) is 24.5 Å². The summed E-state index contributed by atoms with van der Waals surface area (Å²) >= 11 is 11.5. The van der Waals surface area contributed by atoms with Crippen molar-refractivity contribution in [3.63, 3.8) is 0 Å². The van der Waals surface area contributed by atoms with Crippen LogP contribution in [0, 0.1) is 6.92 Å². The van der Waals surface area contributed by atoms with E-state index in [9.17, 15) is 22.8 Å². The lowest BCUT2D eigenvalue weighted by atomic mass is 10.1. The molecular formula is C20H13Cl2F3N4O2. The smallest absolute Gasteiger partial charge is 0.322 e. The van der Waals surface area contributed by atoms with E-state index in [0.29, 0.717) is 11.3 Å². The molecule has 1 heterocycles. The molecule has 160 valence electrons. The number of benzene rings is 2. The molecule has 0 aliphatic heterocycles. The first-order chi connectivity index (χ1) is 14.5. The van der Waals surface area contributed by atoms with Crippen molar-refractivity contribution in [3.8, 4) is 0 Å². The minimum atomic E-state index is -4.57. The lowest BCUT2D eigenvalue weighted by molar-refractivity contribution is -0.137. The average Bonchev–Trinajstić information content (AvgIpc) is 2.69. The Kier molecular flexibility index (Phi) is 6.47. The summed E-state index contributed by atoms with van der Waals surface area (Å²) in [5.74, 6) is -1.34. The van der Waals surface area contributed by atoms with Crippen molar-refractivity contribution >= 4 is 46.4 Å². The summed E-state index contributed by atoms with van der Waals surface area (Å²) in [4.78, 5) is 32.3. The van der Waals surface area contributed by atoms with Gasteiger partial charge in [0.05, 0.1) is 11.1 Å². The van der Waals surface area contributed by atoms with Crippen molar-refractivity contribution in [2.24, 2.45) is 0 Å². The van der Waals surface area contributed by atoms with Crippen LogP contribution in [0.3, 0.4) is 0 Å². The second kappa shape index (κ2) is 8.91. The fraction of sp³-hybridized carbons (Fsp3) is 0.100. The van der Waals surface area contributed by atoms with Gasteiger partial charge in [0.15, 0.2) is 0 Å². The zero-order valence-electron chi connectivity index (χ0n) is 15.7. The molecule has 0 bridgehead atoms. The number of hydrogen-bond donors (Lipinski definition) is 2. The molecule has 1 aromatic heterocycles. The molecule has 0 radical (unpaired) electrons. The Hall–Kier alpha value is -3.17. The molecule has 2 amide bonds. The van der Waals surface area contributed by atoms with Gasteiger partial charge in [0.25, 0.3) is 11.8 Å². The van der Waals surface area contributed by atoms with Crippen LogP contribution in [-0.4, -0.2) is 21.8 Å². The number of carbonyl (C=O) groups excluding carboxylic acids is 2. The summed E-state index contributed by atoms with van der Waals surface area (Å²) in [5.41, 5.74) is 0.171. The van der Waals surface area contributed by atoms with Gasteiger partial charge in [0, 0.05) is 23.1 Å². The number of aryl methyl sites for hydroxylation is 1. The molecule has 0 spiro atoms. The number of nitrogens with zero attached hydrogens (tertiary/aromatic N) is 2. The maximum absolute atomic E-state index is 12.9. The van der Waals surface area contributed by atoms with E-state index in [0.717, 1.165) is 18.2 Å². The van der Waals surface area contributed by atoms with Crippen LogP contribution in [0.2, 0.25) is 10.4 Å². The first-order valence-corrected chi connectivity index (χ1v) is 9.39. The first kappa shape index (κ1) is 22.5. The molecule has 0 saturated carbocycles. The molecule has 0 fully saturated rings. The van der Waals surface area contributed by atoms with E-state index in [-0.39, 0.29) is 27.3 Å². The fourth-order valence-corrected chi connectivity index (χ4v) is 2.95. The van der Waals surface area contributed by atoms with Crippen LogP contribution in [0.15, 0.2) is 48.7 Å². The molecule has 3 aromatic rings. The Labute approximate surface area is 184 Å². The largest absolute Gasteiger partial charge is 0.416 e. The van der Waals surface area contributed by atoms with Crippen LogP contribution in [0.5, 0.6) is 0 Å². The monoisotopic (exact) mass is 468 g/mol. The number of halogens is 5. The van der Waals surface area contributed by atoms with Gasteiger partial charge in [-0.1, -0.05) is 23.7 Å². The van der Waals surface area contributed by atoms with Crippen LogP contribution in [0.25, 0.3) is 0 Å². The van der Waals surface area contributed by atoms with Crippen molar-refractivity contribution < 1.29 is 22.8 Å². The summed E-state index contributed by atoms with van der Waals surface area (Å²) in [7, 11) is 0. The van der Waals surface area contributed by atoms with Gasteiger partial charge < -0.3 is 10.6 Å². The van der Waals surface area contributed by atoms with Crippen molar-refractivity contribution in [1.82, 2.24) is 9.97 Å². The van der Waals surface area contributed by atoms with E-state index < -0.39 is 23.6 Å². The minimum Gasteiger partial charge on any atom is -0.322 e. The Bertz CT molecular complexity index is 1170. The molecular weight excluding hydrogens is 456 g/mol. The highest BCUT2D eigenvalue weighted by Crippen LogP contribution is 2.30. The number of hydrogen-bond acceptors (Lipinski definition) is 4. The molecule has 0 atom stereocenters. The Morgan fingerprint density at radius 3 is 2.42 bits per heavy atom. The van der Waals surface area contributed by atoms with Crippen LogP contribution in [0.1, 0.15) is 31.8 Å². The van der Waals surface area contributed by atoms with Crippen molar-refractivity contribution in [2.75, 3.05) is 10.6 Å². The van der Waals surface area contributed by atoms with Gasteiger partial charge in [0.2, 0.25) is 5.28 Å². The van der Waals surface area contributed by atoms with Gasteiger partial charge in [-0.3, -0.25) is 9.59 Å². The summed E-state index contributed by atoms with van der Waals surface area (Å²) in [6.07, 6.45) is -3.40. The van der Waals surface area contributed by atoms with Gasteiger partial charge in [-0.15, -0.1) is 0 Å². The third kappa shape index (κ3) is 5.50. The molecule has 0 aliphatic carbocycles. The summed E-state index contributed by atoms with van der Waals surface area (Å²) in [6.45, 7) is 1.72. The van der Waals surface area contributed by atoms with E-state index in [2.05, 4.69) is 20.6 Å². The number of nitrogens with one attached hydrogen (secondary N) is 2. The lowest BCUT2D eigenvalue weighted by Gasteiger charge is -2.13. The second-order valence-corrected chi connectivity index (χ2v) is 7.06. The van der Waals surface area contributed by atoms with Gasteiger partial charge >= 0.3 is 6.18 Å². The van der Waals surface area contributed by atoms with E-state index >= 15 is 0 Å². The standard InChI is InChI=1S/C20H13Cl2F3N4O2/c1-10-5-6-13(27-17(30)11-3-2-4-12(7-11)20(23,24)25)8-15(10)28-18(31)14-9-26-19(22)29-16(14)21/h2-9H,1H3,(H,27,30)(H,28,31). The zero-order valence-corrected chi connectivity index (χ0v) is 17.2. The molecule has 31 heavy (non-hydrogen) atoms. The van der Waals surface area contributed by atoms with E-state index in [1.807, 2.05) is 0 Å². The van der Waals surface area contributed by atoms with Crippen LogP contribution >= 0.6 is 23.2 Å². The Morgan fingerprint density at radius 2 is 1.74 bits per heavy atom. The van der Waals surface area contributed by atoms with E-state index in [1.165, 1.54) is 18.3 Å². The predicted molar refractivity (Wildman–Crippen MR) is 111 cm³/mol. The van der Waals surface area contributed by atoms with Gasteiger partial charge in [0.1, 0.15) is 5.15 Å². The maximum Gasteiger partial charge on any atom is 0.416 e. The number of rotatable bonds is 4. The minimum absolute atomic E-state index is 0.0103. The lowest BCUT2D eigenvalue weighted by Crippen LogP contribution is -2.16. The van der Waals surface area contributed by atoms with Crippen molar-refractivity contribution in [1.29, 1.82) is 0 Å². The first-order valence-electron chi connectivity index (χ1n) is 8.63. The van der Waals surface area contributed by atoms with Crippen LogP contribution < -0.4 is 10.6 Å². The number of alkyl halides is 3. The molecule has 0 saturated heterocycles. The van der Waals surface area contributed by atoms with E-state index in [4.69, 9.17) is 23.2 Å². The fourth-order valence-electron chi connectivity index (χ4n) is 2.56. The molecule has 11 heteroatoms. The number of aromatic nitrogens is 2. The molecule has 0 unspecified atom stereocenters. The highest BCUT2D eigenvalue weighted by Gasteiger charge is 2.30. The Balaban J connectivity index is 1.79. The van der Waals surface area contributed by atoms with E-state index in [1.54, 1.807) is 19.1 Å². The quantitative estimate of drug-likeness (QED) is 0.384. The number of anilines is 2. The normalized spacial score (nSPS) is 11.2.